The monoisotopic (exact) mass is 460 g/mol. The van der Waals surface area contributed by atoms with Crippen LogP contribution in [-0.4, -0.2) is 29.9 Å². The van der Waals surface area contributed by atoms with Gasteiger partial charge in [0.05, 0.1) is 0 Å². The summed E-state index contributed by atoms with van der Waals surface area (Å²) in [5, 5.41) is 0.807. The molecule has 0 heterocycles. The number of nitrogens with one attached hydrogen (secondary N) is 1. The molecule has 0 aromatic heterocycles. The van der Waals surface area contributed by atoms with Crippen LogP contribution in [-0.2, 0) is 10.2 Å². The molecule has 1 aromatic rings. The van der Waals surface area contributed by atoms with Gasteiger partial charge in [0.2, 0.25) is 5.91 Å². The highest BCUT2D eigenvalue weighted by Gasteiger charge is 2.39. The quantitative estimate of drug-likeness (QED) is 0.492. The second-order valence-electron chi connectivity index (χ2n) is 7.45. The Balaban J connectivity index is 1.73. The molecule has 0 atom stereocenters. The zero-order chi connectivity index (χ0) is 17.2. The molecule has 3 rings (SSSR count). The molecule has 2 fully saturated rings. The van der Waals surface area contributed by atoms with Crippen molar-refractivity contribution < 1.29 is 4.79 Å². The first-order chi connectivity index (χ1) is 11.5. The Bertz CT molecular complexity index is 582. The van der Waals surface area contributed by atoms with Gasteiger partial charge < -0.3 is 4.90 Å². The predicted octanol–water partition coefficient (Wildman–Crippen LogP) is 4.72. The molecule has 0 unspecified atom stereocenters. The Hall–Kier alpha value is -0.330. The third-order valence-electron chi connectivity index (χ3n) is 5.75. The Morgan fingerprint density at radius 3 is 2.58 bits per heavy atom. The Labute approximate surface area is 164 Å². The summed E-state index contributed by atoms with van der Waals surface area (Å²) in [5.74, 6) is 0.999. The molecule has 1 N–H and O–H groups in total. The lowest BCUT2D eigenvalue weighted by Crippen LogP contribution is -2.47. The molecule has 0 saturated heterocycles. The van der Waals surface area contributed by atoms with Gasteiger partial charge in [-0.1, -0.05) is 23.7 Å². The van der Waals surface area contributed by atoms with Gasteiger partial charge in [0.25, 0.3) is 0 Å². The molecule has 1 amide bonds. The van der Waals surface area contributed by atoms with Gasteiger partial charge in [0, 0.05) is 59.4 Å². The smallest absolute Gasteiger partial charge is 0.219 e. The summed E-state index contributed by atoms with van der Waals surface area (Å²) in [7, 11) is 0. The molecule has 24 heavy (non-hydrogen) atoms. The fourth-order valence-corrected chi connectivity index (χ4v) is 5.01. The normalized spacial score (nSPS) is 27.0. The van der Waals surface area contributed by atoms with Crippen LogP contribution in [0.15, 0.2) is 24.3 Å². The maximum absolute atomic E-state index is 12.1. The van der Waals surface area contributed by atoms with Gasteiger partial charge in [-0.2, -0.15) is 0 Å². The molecule has 2 aliphatic carbocycles. The average Bonchev–Trinajstić information content (AvgIpc) is 3.38. The van der Waals surface area contributed by atoms with Gasteiger partial charge >= 0.3 is 0 Å². The zero-order valence-electron chi connectivity index (χ0n) is 14.2. The fourth-order valence-electron chi connectivity index (χ4n) is 4.09. The Kier molecular flexibility index (Phi) is 6.09. The van der Waals surface area contributed by atoms with Crippen LogP contribution in [0.2, 0.25) is 5.02 Å². The van der Waals surface area contributed by atoms with E-state index in [9.17, 15) is 4.79 Å². The van der Waals surface area contributed by atoms with Crippen LogP contribution in [0.4, 0.5) is 0 Å². The fraction of sp³-hybridized carbons (Fsp3) is 0.632. The van der Waals surface area contributed by atoms with E-state index in [-0.39, 0.29) is 11.3 Å². The van der Waals surface area contributed by atoms with Crippen molar-refractivity contribution in [2.24, 2.45) is 5.92 Å². The van der Waals surface area contributed by atoms with Gasteiger partial charge in [-0.05, 0) is 62.1 Å². The summed E-state index contributed by atoms with van der Waals surface area (Å²) < 4.78 is 3.35. The van der Waals surface area contributed by atoms with Gasteiger partial charge in [-0.15, -0.1) is 0 Å². The minimum Gasteiger partial charge on any atom is -0.340 e. The molecule has 2 aliphatic rings. The lowest BCUT2D eigenvalue weighted by molar-refractivity contribution is -0.132. The molecule has 3 nitrogen and oxygen atoms in total. The first-order valence-electron chi connectivity index (χ1n) is 8.91. The van der Waals surface area contributed by atoms with Crippen LogP contribution in [0.5, 0.6) is 0 Å². The highest BCUT2D eigenvalue weighted by Crippen LogP contribution is 2.42. The SMILES string of the molecule is CC(=O)N(CC1CC1)C1CCC(CNI)(c2cccc(Cl)c2)CC1. The van der Waals surface area contributed by atoms with Crippen molar-refractivity contribution in [2.45, 2.75) is 56.9 Å². The van der Waals surface area contributed by atoms with Gasteiger partial charge in [-0.3, -0.25) is 8.32 Å². The van der Waals surface area contributed by atoms with E-state index in [0.29, 0.717) is 6.04 Å². The average molecular weight is 461 g/mol. The molecular weight excluding hydrogens is 435 g/mol. The van der Waals surface area contributed by atoms with Gasteiger partial charge in [0.1, 0.15) is 0 Å². The molecular formula is C19H26ClIN2O. The van der Waals surface area contributed by atoms with Crippen LogP contribution in [0.25, 0.3) is 0 Å². The summed E-state index contributed by atoms with van der Waals surface area (Å²) >= 11 is 8.48. The Morgan fingerprint density at radius 1 is 1.33 bits per heavy atom. The largest absolute Gasteiger partial charge is 0.340 e. The van der Waals surface area contributed by atoms with E-state index >= 15 is 0 Å². The topological polar surface area (TPSA) is 32.3 Å². The summed E-state index contributed by atoms with van der Waals surface area (Å²) in [6.45, 7) is 3.64. The number of hydrogen-bond acceptors (Lipinski definition) is 2. The van der Waals surface area contributed by atoms with Crippen LogP contribution < -0.4 is 3.53 Å². The predicted molar refractivity (Wildman–Crippen MR) is 108 cm³/mol. The zero-order valence-corrected chi connectivity index (χ0v) is 17.1. The number of halogens is 2. The van der Waals surface area contributed by atoms with Crippen molar-refractivity contribution in [1.82, 2.24) is 8.43 Å². The lowest BCUT2D eigenvalue weighted by atomic mass is 9.68. The van der Waals surface area contributed by atoms with Crippen molar-refractivity contribution >= 4 is 40.4 Å². The number of amides is 1. The van der Waals surface area contributed by atoms with Crippen molar-refractivity contribution in [3.8, 4) is 0 Å². The van der Waals surface area contributed by atoms with E-state index in [2.05, 4.69) is 43.4 Å². The summed E-state index contributed by atoms with van der Waals surface area (Å²) in [6.07, 6.45) is 6.95. The first-order valence-corrected chi connectivity index (χ1v) is 10.4. The van der Waals surface area contributed by atoms with Crippen molar-refractivity contribution in [3.63, 3.8) is 0 Å². The minimum atomic E-state index is 0.130. The minimum absolute atomic E-state index is 0.130. The first kappa shape index (κ1) is 18.5. The number of benzene rings is 1. The highest BCUT2D eigenvalue weighted by molar-refractivity contribution is 14.1. The van der Waals surface area contributed by atoms with E-state index in [1.54, 1.807) is 6.92 Å². The molecule has 1 aromatic carbocycles. The number of carbonyl (C=O) groups is 1. The Morgan fingerprint density at radius 2 is 2.04 bits per heavy atom. The third-order valence-corrected chi connectivity index (χ3v) is 6.37. The van der Waals surface area contributed by atoms with E-state index in [1.165, 1.54) is 18.4 Å². The number of rotatable bonds is 6. The van der Waals surface area contributed by atoms with E-state index < -0.39 is 0 Å². The number of hydrogen-bond donors (Lipinski definition) is 1. The molecule has 2 saturated carbocycles. The molecule has 0 aliphatic heterocycles. The highest BCUT2D eigenvalue weighted by atomic mass is 127. The van der Waals surface area contributed by atoms with Gasteiger partial charge in [-0.25, -0.2) is 0 Å². The van der Waals surface area contributed by atoms with Crippen LogP contribution in [0.3, 0.4) is 0 Å². The molecule has 0 spiro atoms. The van der Waals surface area contributed by atoms with Crippen molar-refractivity contribution in [3.05, 3.63) is 34.9 Å². The summed E-state index contributed by atoms with van der Waals surface area (Å²) in [5.41, 5.74) is 1.46. The lowest BCUT2D eigenvalue weighted by Gasteiger charge is -2.44. The maximum Gasteiger partial charge on any atom is 0.219 e. The summed E-state index contributed by atoms with van der Waals surface area (Å²) in [6, 6.07) is 8.71. The van der Waals surface area contributed by atoms with Crippen LogP contribution >= 0.6 is 34.5 Å². The van der Waals surface area contributed by atoms with E-state index in [1.807, 2.05) is 12.1 Å². The number of nitrogens with zero attached hydrogens (tertiary/aromatic N) is 1. The van der Waals surface area contributed by atoms with Crippen LogP contribution in [0, 0.1) is 5.92 Å². The number of carbonyl (C=O) groups excluding carboxylic acids is 1. The van der Waals surface area contributed by atoms with Gasteiger partial charge in [0.15, 0.2) is 0 Å². The third kappa shape index (κ3) is 4.25. The van der Waals surface area contributed by atoms with E-state index in [4.69, 9.17) is 11.6 Å². The molecule has 5 heteroatoms. The standard InChI is InChI=1S/C19H26ClIN2O/c1-14(24)23(12-15-5-6-15)18-7-9-19(10-8-18,13-22-21)16-3-2-4-17(20)11-16/h2-4,11,15,18,22H,5-10,12-13H2,1H3. The van der Waals surface area contributed by atoms with E-state index in [0.717, 1.165) is 49.7 Å². The van der Waals surface area contributed by atoms with Crippen LogP contribution in [0.1, 0.15) is 51.0 Å². The molecule has 132 valence electrons. The summed E-state index contributed by atoms with van der Waals surface area (Å²) in [4.78, 5) is 14.3. The maximum atomic E-state index is 12.1. The van der Waals surface area contributed by atoms with Crippen molar-refractivity contribution in [2.75, 3.05) is 13.1 Å². The molecule has 0 radical (unpaired) electrons. The molecule has 0 bridgehead atoms. The second kappa shape index (κ2) is 7.92. The van der Waals surface area contributed by atoms with Crippen molar-refractivity contribution in [1.29, 1.82) is 0 Å². The second-order valence-corrected chi connectivity index (χ2v) is 8.65.